The molecule has 0 aliphatic carbocycles. The molecule has 1 atom stereocenters. The summed E-state index contributed by atoms with van der Waals surface area (Å²) in [5.74, 6) is 0.188. The van der Waals surface area contributed by atoms with Crippen molar-refractivity contribution in [3.8, 4) is 0 Å². The van der Waals surface area contributed by atoms with E-state index >= 15 is 0 Å². The third-order valence-electron chi connectivity index (χ3n) is 5.34. The second kappa shape index (κ2) is 6.83. The predicted molar refractivity (Wildman–Crippen MR) is 104 cm³/mol. The summed E-state index contributed by atoms with van der Waals surface area (Å²) in [4.78, 5) is 38.6. The SMILES string of the molecule is Cc1cc2oc(=O)cc(CN3C(=O)N[C@@](C)(CCC(C)C)C3=O)c2cc1C. The van der Waals surface area contributed by atoms with Gasteiger partial charge in [0.05, 0.1) is 6.54 Å². The van der Waals surface area contributed by atoms with Crippen LogP contribution in [0.15, 0.2) is 27.4 Å². The summed E-state index contributed by atoms with van der Waals surface area (Å²) in [5.41, 5.74) is 1.76. The molecule has 0 unspecified atom stereocenters. The lowest BCUT2D eigenvalue weighted by atomic mass is 9.92. The largest absolute Gasteiger partial charge is 0.423 e. The minimum atomic E-state index is -0.900. The van der Waals surface area contributed by atoms with Crippen molar-refractivity contribution in [3.05, 3.63) is 45.3 Å². The zero-order valence-corrected chi connectivity index (χ0v) is 16.5. The zero-order chi connectivity index (χ0) is 19.9. The molecule has 27 heavy (non-hydrogen) atoms. The summed E-state index contributed by atoms with van der Waals surface area (Å²) < 4.78 is 5.30. The molecule has 1 N–H and O–H groups in total. The van der Waals surface area contributed by atoms with Crippen LogP contribution in [0.3, 0.4) is 0 Å². The summed E-state index contributed by atoms with van der Waals surface area (Å²) in [5, 5.41) is 3.57. The Morgan fingerprint density at radius 3 is 2.44 bits per heavy atom. The quantitative estimate of drug-likeness (QED) is 0.643. The van der Waals surface area contributed by atoms with Crippen LogP contribution in [0.5, 0.6) is 0 Å². The Morgan fingerprint density at radius 1 is 1.11 bits per heavy atom. The van der Waals surface area contributed by atoms with Gasteiger partial charge in [0, 0.05) is 11.5 Å². The molecule has 1 aliphatic heterocycles. The Bertz CT molecular complexity index is 976. The summed E-state index contributed by atoms with van der Waals surface area (Å²) >= 11 is 0. The van der Waals surface area contributed by atoms with Crippen LogP contribution in [-0.2, 0) is 11.3 Å². The number of carbonyl (C=O) groups is 2. The van der Waals surface area contributed by atoms with E-state index in [4.69, 9.17) is 4.42 Å². The molecule has 1 aromatic heterocycles. The number of fused-ring (bicyclic) bond motifs is 1. The van der Waals surface area contributed by atoms with E-state index in [1.54, 1.807) is 6.92 Å². The Labute approximate surface area is 158 Å². The molecule has 6 heteroatoms. The van der Waals surface area contributed by atoms with Gasteiger partial charge in [-0.2, -0.15) is 0 Å². The second-order valence-corrected chi connectivity index (χ2v) is 8.11. The highest BCUT2D eigenvalue weighted by Crippen LogP contribution is 2.28. The first-order valence-corrected chi connectivity index (χ1v) is 9.29. The van der Waals surface area contributed by atoms with E-state index in [0.717, 1.165) is 22.9 Å². The molecule has 144 valence electrons. The number of urea groups is 1. The molecule has 0 radical (unpaired) electrons. The summed E-state index contributed by atoms with van der Waals surface area (Å²) in [6, 6.07) is 4.69. The van der Waals surface area contributed by atoms with Gasteiger partial charge in [0.15, 0.2) is 0 Å². The van der Waals surface area contributed by atoms with Crippen molar-refractivity contribution in [2.75, 3.05) is 0 Å². The fourth-order valence-electron chi connectivity index (χ4n) is 3.42. The maximum Gasteiger partial charge on any atom is 0.336 e. The molecule has 3 rings (SSSR count). The van der Waals surface area contributed by atoms with E-state index in [-0.39, 0.29) is 12.5 Å². The van der Waals surface area contributed by atoms with Crippen LogP contribution in [0.25, 0.3) is 11.0 Å². The number of nitrogens with zero attached hydrogens (tertiary/aromatic N) is 1. The number of carbonyl (C=O) groups excluding carboxylic acids is 2. The molecule has 0 spiro atoms. The number of hydrogen-bond donors (Lipinski definition) is 1. The van der Waals surface area contributed by atoms with Gasteiger partial charge in [0.1, 0.15) is 11.1 Å². The first-order chi connectivity index (χ1) is 12.6. The first kappa shape index (κ1) is 19.1. The normalized spacial score (nSPS) is 20.0. The van der Waals surface area contributed by atoms with Crippen molar-refractivity contribution >= 4 is 22.9 Å². The van der Waals surface area contributed by atoms with Crippen LogP contribution in [0.1, 0.15) is 50.3 Å². The highest BCUT2D eigenvalue weighted by atomic mass is 16.4. The monoisotopic (exact) mass is 370 g/mol. The molecule has 3 amide bonds. The second-order valence-electron chi connectivity index (χ2n) is 8.11. The van der Waals surface area contributed by atoms with E-state index in [1.807, 2.05) is 26.0 Å². The highest BCUT2D eigenvalue weighted by Gasteiger charge is 2.47. The Hall–Kier alpha value is -2.63. The highest BCUT2D eigenvalue weighted by molar-refractivity contribution is 6.06. The topological polar surface area (TPSA) is 79.6 Å². The van der Waals surface area contributed by atoms with Gasteiger partial charge in [-0.05, 0) is 68.4 Å². The molecule has 6 nitrogen and oxygen atoms in total. The number of rotatable bonds is 5. The van der Waals surface area contributed by atoms with Crippen molar-refractivity contribution in [1.82, 2.24) is 10.2 Å². The third kappa shape index (κ3) is 3.61. The molecule has 1 fully saturated rings. The van der Waals surface area contributed by atoms with Gasteiger partial charge in [-0.15, -0.1) is 0 Å². The van der Waals surface area contributed by atoms with Crippen LogP contribution in [-0.4, -0.2) is 22.4 Å². The molecule has 0 bridgehead atoms. The van der Waals surface area contributed by atoms with Crippen molar-refractivity contribution < 1.29 is 14.0 Å². The van der Waals surface area contributed by atoms with Crippen LogP contribution in [0, 0.1) is 19.8 Å². The Balaban J connectivity index is 1.95. The molecular formula is C21H26N2O4. The van der Waals surface area contributed by atoms with Crippen LogP contribution in [0.4, 0.5) is 4.79 Å². The average molecular weight is 370 g/mol. The van der Waals surface area contributed by atoms with E-state index in [1.165, 1.54) is 11.0 Å². The molecule has 0 saturated carbocycles. The molecular weight excluding hydrogens is 344 g/mol. The van der Waals surface area contributed by atoms with Crippen LogP contribution >= 0.6 is 0 Å². The van der Waals surface area contributed by atoms with Crippen LogP contribution in [0.2, 0.25) is 0 Å². The summed E-state index contributed by atoms with van der Waals surface area (Å²) in [6.07, 6.45) is 1.43. The maximum absolute atomic E-state index is 12.9. The van der Waals surface area contributed by atoms with E-state index in [9.17, 15) is 14.4 Å². The average Bonchev–Trinajstić information content (AvgIpc) is 2.78. The van der Waals surface area contributed by atoms with E-state index < -0.39 is 17.2 Å². The molecule has 1 saturated heterocycles. The predicted octanol–water partition coefficient (Wildman–Crippen LogP) is 3.66. The van der Waals surface area contributed by atoms with Crippen molar-refractivity contribution in [1.29, 1.82) is 0 Å². The van der Waals surface area contributed by atoms with Gasteiger partial charge >= 0.3 is 11.7 Å². The number of imide groups is 1. The van der Waals surface area contributed by atoms with E-state index in [2.05, 4.69) is 19.2 Å². The lowest BCUT2D eigenvalue weighted by Gasteiger charge is -2.22. The number of nitrogens with one attached hydrogen (secondary N) is 1. The minimum absolute atomic E-state index is 0.0482. The first-order valence-electron chi connectivity index (χ1n) is 9.29. The number of amides is 3. The third-order valence-corrected chi connectivity index (χ3v) is 5.34. The summed E-state index contributed by atoms with van der Waals surface area (Å²) in [6.45, 7) is 9.90. The lowest BCUT2D eigenvalue weighted by Crippen LogP contribution is -2.44. The number of benzene rings is 1. The van der Waals surface area contributed by atoms with Gasteiger partial charge in [0.25, 0.3) is 5.91 Å². The Morgan fingerprint density at radius 2 is 1.78 bits per heavy atom. The van der Waals surface area contributed by atoms with Crippen molar-refractivity contribution in [2.24, 2.45) is 5.92 Å². The molecule has 1 aromatic carbocycles. The van der Waals surface area contributed by atoms with Gasteiger partial charge in [-0.25, -0.2) is 9.59 Å². The number of hydrogen-bond acceptors (Lipinski definition) is 4. The zero-order valence-electron chi connectivity index (χ0n) is 16.5. The van der Waals surface area contributed by atoms with Crippen molar-refractivity contribution in [2.45, 2.75) is 59.5 Å². The smallest absolute Gasteiger partial charge is 0.336 e. The minimum Gasteiger partial charge on any atom is -0.423 e. The van der Waals surface area contributed by atoms with Gasteiger partial charge < -0.3 is 9.73 Å². The van der Waals surface area contributed by atoms with E-state index in [0.29, 0.717) is 23.5 Å². The van der Waals surface area contributed by atoms with Gasteiger partial charge in [-0.3, -0.25) is 9.69 Å². The molecule has 2 heterocycles. The van der Waals surface area contributed by atoms with Crippen molar-refractivity contribution in [3.63, 3.8) is 0 Å². The fourth-order valence-corrected chi connectivity index (χ4v) is 3.42. The summed E-state index contributed by atoms with van der Waals surface area (Å²) in [7, 11) is 0. The fraction of sp³-hybridized carbons (Fsp3) is 0.476. The lowest BCUT2D eigenvalue weighted by molar-refractivity contribution is -0.131. The maximum atomic E-state index is 12.9. The van der Waals surface area contributed by atoms with Crippen LogP contribution < -0.4 is 10.9 Å². The standard InChI is InChI=1S/C21H26N2O4/c1-12(2)6-7-21(5)19(25)23(20(26)22-21)11-15-10-18(24)27-17-9-14(4)13(3)8-16(15)17/h8-10,12H,6-7,11H2,1-5H3,(H,22,26)/t21-/m0/s1. The molecule has 2 aromatic rings. The number of aryl methyl sites for hydroxylation is 2. The Kier molecular flexibility index (Phi) is 4.84. The van der Waals surface area contributed by atoms with Gasteiger partial charge in [0.2, 0.25) is 0 Å². The van der Waals surface area contributed by atoms with Gasteiger partial charge in [-0.1, -0.05) is 13.8 Å². The molecule has 1 aliphatic rings.